The molecule has 0 aromatic carbocycles. The van der Waals surface area contributed by atoms with Crippen molar-refractivity contribution in [3.05, 3.63) is 14.5 Å². The third kappa shape index (κ3) is 2.27. The molecule has 0 aliphatic rings. The van der Waals surface area contributed by atoms with Gasteiger partial charge in [-0.3, -0.25) is 0 Å². The Bertz CT molecular complexity index is 585. The van der Waals surface area contributed by atoms with Gasteiger partial charge in [0.15, 0.2) is 0 Å². The van der Waals surface area contributed by atoms with Gasteiger partial charge in [-0.1, -0.05) is 20.1 Å². The van der Waals surface area contributed by atoms with Crippen molar-refractivity contribution in [2.45, 2.75) is 32.8 Å². The zero-order chi connectivity index (χ0) is 18.6. The molecule has 0 fully saturated rings. The number of rotatable bonds is 3. The molecule has 1 rings (SSSR count). The van der Waals surface area contributed by atoms with Crippen LogP contribution in [-0.4, -0.2) is 4.98 Å². The van der Waals surface area contributed by atoms with Crippen LogP contribution in [0.5, 0.6) is 0 Å². The van der Waals surface area contributed by atoms with E-state index in [0.29, 0.717) is 11.3 Å². The molecule has 11 heavy (non-hydrogen) atoms. The van der Waals surface area contributed by atoms with Crippen LogP contribution in [0.3, 0.4) is 0 Å². The number of hydrogen-bond acceptors (Lipinski definition) is 2. The maximum Gasteiger partial charge on any atom is 0.0937 e. The standard InChI is InChI=1S/C8H12BrNS/c1-3-5-6-8(9)11-7(4-2)10-6/h3-5H2,1-2H3/i1D3,2D3,3D2,4D2,5D2. The lowest BCUT2D eigenvalue weighted by Gasteiger charge is -1.89. The fourth-order valence-electron chi connectivity index (χ4n) is 0.491. The van der Waals surface area contributed by atoms with Gasteiger partial charge in [0.2, 0.25) is 0 Å². The molecular formula is C8H12BrNS. The second-order valence-corrected chi connectivity index (χ2v) is 3.83. The van der Waals surface area contributed by atoms with E-state index in [1.54, 1.807) is 0 Å². The fraction of sp³-hybridized carbons (Fsp3) is 0.625. The molecule has 0 saturated heterocycles. The molecule has 0 amide bonds. The van der Waals surface area contributed by atoms with Gasteiger partial charge in [0, 0.05) is 16.4 Å². The first-order valence-electron chi connectivity index (χ1n) is 8.54. The Kier molecular flexibility index (Phi) is 0.815. The fourth-order valence-corrected chi connectivity index (χ4v) is 1.69. The summed E-state index contributed by atoms with van der Waals surface area (Å²) in [6.07, 6.45) is -9.31. The van der Waals surface area contributed by atoms with Gasteiger partial charge < -0.3 is 0 Å². The number of nitrogens with zero attached hydrogens (tertiary/aromatic N) is 1. The molecule has 0 spiro atoms. The van der Waals surface area contributed by atoms with Crippen LogP contribution in [0.15, 0.2) is 3.79 Å². The van der Waals surface area contributed by atoms with Crippen LogP contribution in [0.1, 0.15) is 47.2 Å². The maximum atomic E-state index is 7.82. The average molecular weight is 246 g/mol. The number of hydrogen-bond donors (Lipinski definition) is 0. The van der Waals surface area contributed by atoms with Gasteiger partial charge >= 0.3 is 0 Å². The van der Waals surface area contributed by atoms with Crippen molar-refractivity contribution in [3.8, 4) is 0 Å². The molecule has 1 nitrogen and oxygen atoms in total. The molecule has 0 unspecified atom stereocenters. The first-order valence-corrected chi connectivity index (χ1v) is 4.15. The summed E-state index contributed by atoms with van der Waals surface area (Å²) in [5.41, 5.74) is -0.688. The SMILES string of the molecule is [2H]C([2H])([2H])C([2H])([2H])c1nc(C([2H])([2H])C([2H])([2H])C([2H])([2H])[2H])c(Br)s1. The molecule has 0 bridgehead atoms. The Labute approximate surface area is 96.8 Å². The molecule has 3 heteroatoms. The van der Waals surface area contributed by atoms with Gasteiger partial charge in [-0.05, 0) is 28.7 Å². The normalized spacial score (nSPS) is 32.8. The van der Waals surface area contributed by atoms with Crippen molar-refractivity contribution >= 4 is 27.3 Å². The van der Waals surface area contributed by atoms with Gasteiger partial charge in [0.05, 0.1) is 14.5 Å². The smallest absolute Gasteiger partial charge is 0.0937 e. The summed E-state index contributed by atoms with van der Waals surface area (Å²) in [7, 11) is 0. The van der Waals surface area contributed by atoms with Crippen LogP contribution in [0.4, 0.5) is 0 Å². The minimum atomic E-state index is -3.32. The predicted octanol–water partition coefficient (Wildman–Crippen LogP) is 3.42. The van der Waals surface area contributed by atoms with E-state index in [1.165, 1.54) is 0 Å². The van der Waals surface area contributed by atoms with E-state index in [0.717, 1.165) is 0 Å². The topological polar surface area (TPSA) is 12.9 Å². The van der Waals surface area contributed by atoms with Crippen molar-refractivity contribution in [2.75, 3.05) is 0 Å². The van der Waals surface area contributed by atoms with E-state index in [2.05, 4.69) is 20.9 Å². The summed E-state index contributed by atoms with van der Waals surface area (Å²) in [6, 6.07) is 0. The predicted molar refractivity (Wildman–Crippen MR) is 53.2 cm³/mol. The molecule has 0 aliphatic heterocycles. The summed E-state index contributed by atoms with van der Waals surface area (Å²) in [4.78, 5) is 3.57. The van der Waals surface area contributed by atoms with E-state index in [4.69, 9.17) is 16.4 Å². The molecule has 0 aliphatic carbocycles. The van der Waals surface area contributed by atoms with Crippen LogP contribution in [0.25, 0.3) is 0 Å². The first kappa shape index (κ1) is 2.13. The number of aryl methyl sites for hydroxylation is 2. The third-order valence-corrected chi connectivity index (χ3v) is 2.49. The molecule has 0 N–H and O–H groups in total. The van der Waals surface area contributed by atoms with Crippen LogP contribution >= 0.6 is 27.3 Å². The zero-order valence-electron chi connectivity index (χ0n) is 17.2. The quantitative estimate of drug-likeness (QED) is 0.796. The molecule has 62 valence electrons. The van der Waals surface area contributed by atoms with E-state index >= 15 is 0 Å². The highest BCUT2D eigenvalue weighted by Crippen LogP contribution is 2.25. The van der Waals surface area contributed by atoms with E-state index < -0.39 is 43.5 Å². The molecule has 0 radical (unpaired) electrons. The van der Waals surface area contributed by atoms with E-state index in [1.807, 2.05) is 0 Å². The van der Waals surface area contributed by atoms with Gasteiger partial charge in [-0.2, -0.15) is 0 Å². The second kappa shape index (κ2) is 4.21. The monoisotopic (exact) mass is 245 g/mol. The average Bonchev–Trinajstić information content (AvgIpc) is 2.69. The number of halogens is 1. The summed E-state index contributed by atoms with van der Waals surface area (Å²) in [5.74, 6) is 0. The molecule has 0 atom stereocenters. The Balaban J connectivity index is 3.48. The highest BCUT2D eigenvalue weighted by molar-refractivity contribution is 9.11. The minimum Gasteiger partial charge on any atom is -0.245 e. The Morgan fingerprint density at radius 3 is 3.36 bits per heavy atom. The van der Waals surface area contributed by atoms with Crippen molar-refractivity contribution in [3.63, 3.8) is 0 Å². The van der Waals surface area contributed by atoms with Crippen LogP contribution in [0.2, 0.25) is 0 Å². The second-order valence-electron chi connectivity index (χ2n) is 1.52. The Morgan fingerprint density at radius 1 is 1.73 bits per heavy atom. The third-order valence-electron chi connectivity index (χ3n) is 0.874. The maximum absolute atomic E-state index is 7.82. The van der Waals surface area contributed by atoms with Crippen molar-refractivity contribution in [1.82, 2.24) is 4.98 Å². The lowest BCUT2D eigenvalue weighted by Crippen LogP contribution is -1.84. The van der Waals surface area contributed by atoms with Crippen LogP contribution in [0, 0.1) is 0 Å². The number of thiazole rings is 1. The molecule has 1 aromatic rings. The highest BCUT2D eigenvalue weighted by Gasteiger charge is 2.05. The van der Waals surface area contributed by atoms with Gasteiger partial charge in [-0.25, -0.2) is 4.98 Å². The Hall–Kier alpha value is 0.110. The highest BCUT2D eigenvalue weighted by atomic mass is 79.9. The lowest BCUT2D eigenvalue weighted by atomic mass is 10.3. The Morgan fingerprint density at radius 2 is 2.64 bits per heavy atom. The molecule has 1 aromatic heterocycles. The molecular weight excluding hydrogens is 222 g/mol. The van der Waals surface area contributed by atoms with Gasteiger partial charge in [0.1, 0.15) is 0 Å². The minimum absolute atomic E-state index is 0.168. The van der Waals surface area contributed by atoms with Gasteiger partial charge in [-0.15, -0.1) is 11.3 Å². The summed E-state index contributed by atoms with van der Waals surface area (Å²) in [6.45, 7) is -6.37. The first-order chi connectivity index (χ1) is 9.87. The van der Waals surface area contributed by atoms with Crippen molar-refractivity contribution < 1.29 is 16.4 Å². The van der Waals surface area contributed by atoms with E-state index in [9.17, 15) is 0 Å². The van der Waals surface area contributed by atoms with Crippen LogP contribution in [-0.2, 0) is 12.7 Å². The summed E-state index contributed by atoms with van der Waals surface area (Å²) >= 11 is 3.37. The van der Waals surface area contributed by atoms with E-state index in [-0.39, 0.29) is 3.79 Å². The summed E-state index contributed by atoms with van der Waals surface area (Å²) < 4.78 is 88.9. The largest absolute Gasteiger partial charge is 0.245 e. The summed E-state index contributed by atoms with van der Waals surface area (Å²) in [5, 5.41) is -0.593. The lowest BCUT2D eigenvalue weighted by molar-refractivity contribution is 0.877. The van der Waals surface area contributed by atoms with Crippen LogP contribution < -0.4 is 0 Å². The molecule has 0 saturated carbocycles. The van der Waals surface area contributed by atoms with Crippen molar-refractivity contribution in [2.24, 2.45) is 0 Å². The number of aromatic nitrogens is 1. The zero-order valence-corrected chi connectivity index (χ0v) is 7.64. The van der Waals surface area contributed by atoms with Gasteiger partial charge in [0.25, 0.3) is 0 Å². The van der Waals surface area contributed by atoms with Crippen molar-refractivity contribution in [1.29, 1.82) is 0 Å². The molecule has 1 heterocycles.